The molecule has 0 atom stereocenters. The molecule has 0 bridgehead atoms. The van der Waals surface area contributed by atoms with Crippen LogP contribution in [0.1, 0.15) is 11.3 Å². The van der Waals surface area contributed by atoms with Crippen LogP contribution in [-0.4, -0.2) is 10.1 Å². The number of hydrogen-bond acceptors (Lipinski definition) is 2. The van der Waals surface area contributed by atoms with Gasteiger partial charge in [-0.3, -0.25) is 4.98 Å². The fourth-order valence-electron chi connectivity index (χ4n) is 1.54. The number of aryl methyl sites for hydroxylation is 2. The Morgan fingerprint density at radius 2 is 1.85 bits per heavy atom. The van der Waals surface area contributed by atoms with E-state index >= 15 is 0 Å². The lowest BCUT2D eigenvalue weighted by Gasteiger charge is -2.05. The molecule has 2 aromatic rings. The molecule has 0 saturated heterocycles. The van der Waals surface area contributed by atoms with E-state index in [2.05, 4.69) is 4.98 Å². The Hall–Kier alpha value is -1.57. The van der Waals surface area contributed by atoms with E-state index in [1.807, 2.05) is 26.0 Å². The molecule has 1 aromatic carbocycles. The second-order valence-corrected chi connectivity index (χ2v) is 3.20. The van der Waals surface area contributed by atoms with Gasteiger partial charge in [0.2, 0.25) is 0 Å². The standard InChI is InChI=1S/C11H11NO/c1-7-9-5-6-12-8(2)10(9)3-4-11(7)13/h3-6,13H,1-2H3. The zero-order valence-electron chi connectivity index (χ0n) is 7.70. The zero-order valence-corrected chi connectivity index (χ0v) is 7.70. The van der Waals surface area contributed by atoms with Crippen LogP contribution >= 0.6 is 0 Å². The molecule has 2 nitrogen and oxygen atoms in total. The third-order valence-electron chi connectivity index (χ3n) is 2.39. The minimum absolute atomic E-state index is 0.345. The van der Waals surface area contributed by atoms with Gasteiger partial charge in [-0.05, 0) is 43.0 Å². The lowest BCUT2D eigenvalue weighted by Crippen LogP contribution is -1.85. The summed E-state index contributed by atoms with van der Waals surface area (Å²) in [5.74, 6) is 0.345. The van der Waals surface area contributed by atoms with Crippen molar-refractivity contribution in [3.8, 4) is 5.75 Å². The number of pyridine rings is 1. The SMILES string of the molecule is Cc1nccc2c(C)c(O)ccc12. The molecule has 1 aromatic heterocycles. The molecule has 2 rings (SSSR count). The molecule has 0 radical (unpaired) electrons. The van der Waals surface area contributed by atoms with E-state index in [1.165, 1.54) is 0 Å². The maximum atomic E-state index is 9.49. The third-order valence-corrected chi connectivity index (χ3v) is 2.39. The van der Waals surface area contributed by atoms with Gasteiger partial charge >= 0.3 is 0 Å². The molecule has 0 aliphatic carbocycles. The van der Waals surface area contributed by atoms with Crippen LogP contribution < -0.4 is 0 Å². The van der Waals surface area contributed by atoms with Crippen molar-refractivity contribution in [2.45, 2.75) is 13.8 Å². The predicted molar refractivity (Wildman–Crippen MR) is 52.9 cm³/mol. The fraction of sp³-hybridized carbons (Fsp3) is 0.182. The van der Waals surface area contributed by atoms with Crippen molar-refractivity contribution in [2.75, 3.05) is 0 Å². The summed E-state index contributed by atoms with van der Waals surface area (Å²) in [6.07, 6.45) is 1.77. The molecule has 0 amide bonds. The number of nitrogens with zero attached hydrogens (tertiary/aromatic N) is 1. The first-order valence-electron chi connectivity index (χ1n) is 4.24. The summed E-state index contributed by atoms with van der Waals surface area (Å²) in [6.45, 7) is 3.88. The van der Waals surface area contributed by atoms with Gasteiger partial charge in [0.15, 0.2) is 0 Å². The van der Waals surface area contributed by atoms with Gasteiger partial charge in [0.25, 0.3) is 0 Å². The van der Waals surface area contributed by atoms with Gasteiger partial charge in [-0.2, -0.15) is 0 Å². The van der Waals surface area contributed by atoms with E-state index in [-0.39, 0.29) is 0 Å². The van der Waals surface area contributed by atoms with Crippen LogP contribution in [0.2, 0.25) is 0 Å². The number of hydrogen-bond donors (Lipinski definition) is 1. The number of aromatic hydroxyl groups is 1. The Morgan fingerprint density at radius 1 is 1.08 bits per heavy atom. The molecular formula is C11H11NO. The molecule has 2 heteroatoms. The summed E-state index contributed by atoms with van der Waals surface area (Å²) < 4.78 is 0. The quantitative estimate of drug-likeness (QED) is 0.664. The minimum Gasteiger partial charge on any atom is -0.508 e. The third kappa shape index (κ3) is 1.15. The summed E-state index contributed by atoms with van der Waals surface area (Å²) in [5.41, 5.74) is 1.92. The first-order chi connectivity index (χ1) is 6.20. The normalized spacial score (nSPS) is 10.6. The number of benzene rings is 1. The van der Waals surface area contributed by atoms with Crippen molar-refractivity contribution < 1.29 is 5.11 Å². The van der Waals surface area contributed by atoms with E-state index in [1.54, 1.807) is 12.3 Å². The van der Waals surface area contributed by atoms with Gasteiger partial charge in [0, 0.05) is 17.3 Å². The molecule has 13 heavy (non-hydrogen) atoms. The molecule has 0 spiro atoms. The van der Waals surface area contributed by atoms with Gasteiger partial charge < -0.3 is 5.11 Å². The monoisotopic (exact) mass is 173 g/mol. The highest BCUT2D eigenvalue weighted by atomic mass is 16.3. The average Bonchev–Trinajstić information content (AvgIpc) is 2.12. The Balaban J connectivity index is 2.94. The van der Waals surface area contributed by atoms with Crippen LogP contribution in [0.3, 0.4) is 0 Å². The summed E-state index contributed by atoms with van der Waals surface area (Å²) in [6, 6.07) is 5.55. The van der Waals surface area contributed by atoms with E-state index in [0.717, 1.165) is 22.0 Å². The number of fused-ring (bicyclic) bond motifs is 1. The maximum absolute atomic E-state index is 9.49. The number of phenols is 1. The highest BCUT2D eigenvalue weighted by molar-refractivity contribution is 5.88. The van der Waals surface area contributed by atoms with Crippen LogP contribution in [0.5, 0.6) is 5.75 Å². The number of rotatable bonds is 0. The van der Waals surface area contributed by atoms with Crippen molar-refractivity contribution in [1.29, 1.82) is 0 Å². The van der Waals surface area contributed by atoms with Crippen molar-refractivity contribution >= 4 is 10.8 Å². The van der Waals surface area contributed by atoms with Gasteiger partial charge in [0.1, 0.15) is 5.75 Å². The zero-order chi connectivity index (χ0) is 9.42. The largest absolute Gasteiger partial charge is 0.508 e. The lowest BCUT2D eigenvalue weighted by molar-refractivity contribution is 0.472. The summed E-state index contributed by atoms with van der Waals surface area (Å²) >= 11 is 0. The molecule has 1 N–H and O–H groups in total. The highest BCUT2D eigenvalue weighted by Crippen LogP contribution is 2.26. The second-order valence-electron chi connectivity index (χ2n) is 3.20. The molecule has 0 aliphatic heterocycles. The van der Waals surface area contributed by atoms with Crippen molar-refractivity contribution in [2.24, 2.45) is 0 Å². The molecule has 1 heterocycles. The van der Waals surface area contributed by atoms with Crippen LogP contribution in [0.25, 0.3) is 10.8 Å². The molecule has 0 saturated carbocycles. The van der Waals surface area contributed by atoms with E-state index in [9.17, 15) is 5.11 Å². The Kier molecular flexibility index (Phi) is 1.69. The Labute approximate surface area is 76.9 Å². The average molecular weight is 173 g/mol. The van der Waals surface area contributed by atoms with Crippen LogP contribution in [0, 0.1) is 13.8 Å². The summed E-state index contributed by atoms with van der Waals surface area (Å²) in [7, 11) is 0. The first kappa shape index (κ1) is 8.05. The number of phenolic OH excluding ortho intramolecular Hbond substituents is 1. The van der Waals surface area contributed by atoms with Crippen molar-refractivity contribution in [1.82, 2.24) is 4.98 Å². The smallest absolute Gasteiger partial charge is 0.119 e. The first-order valence-corrected chi connectivity index (χ1v) is 4.24. The molecule has 0 fully saturated rings. The fourth-order valence-corrected chi connectivity index (χ4v) is 1.54. The van der Waals surface area contributed by atoms with E-state index < -0.39 is 0 Å². The van der Waals surface area contributed by atoms with Crippen molar-refractivity contribution in [3.63, 3.8) is 0 Å². The van der Waals surface area contributed by atoms with Crippen LogP contribution in [-0.2, 0) is 0 Å². The summed E-state index contributed by atoms with van der Waals surface area (Å²) in [5, 5.41) is 11.7. The predicted octanol–water partition coefficient (Wildman–Crippen LogP) is 2.56. The maximum Gasteiger partial charge on any atom is 0.119 e. The van der Waals surface area contributed by atoms with Gasteiger partial charge in [-0.15, -0.1) is 0 Å². The Morgan fingerprint density at radius 3 is 2.62 bits per heavy atom. The van der Waals surface area contributed by atoms with Gasteiger partial charge in [-0.1, -0.05) is 0 Å². The van der Waals surface area contributed by atoms with E-state index in [0.29, 0.717) is 5.75 Å². The number of aromatic nitrogens is 1. The van der Waals surface area contributed by atoms with Crippen LogP contribution in [0.4, 0.5) is 0 Å². The topological polar surface area (TPSA) is 33.1 Å². The molecule has 0 aliphatic rings. The van der Waals surface area contributed by atoms with Crippen LogP contribution in [0.15, 0.2) is 24.4 Å². The minimum atomic E-state index is 0.345. The molecule has 66 valence electrons. The van der Waals surface area contributed by atoms with E-state index in [4.69, 9.17) is 0 Å². The molecular weight excluding hydrogens is 162 g/mol. The highest BCUT2D eigenvalue weighted by Gasteiger charge is 2.03. The lowest BCUT2D eigenvalue weighted by atomic mass is 10.0. The van der Waals surface area contributed by atoms with Gasteiger partial charge in [-0.25, -0.2) is 0 Å². The van der Waals surface area contributed by atoms with Crippen molar-refractivity contribution in [3.05, 3.63) is 35.7 Å². The van der Waals surface area contributed by atoms with Gasteiger partial charge in [0.05, 0.1) is 0 Å². The summed E-state index contributed by atoms with van der Waals surface area (Å²) in [4.78, 5) is 4.20. The Bertz CT molecular complexity index is 463. The second kappa shape index (κ2) is 2.73. The molecule has 0 unspecified atom stereocenters.